The number of rotatable bonds is 7. The lowest BCUT2D eigenvalue weighted by atomic mass is 10.1. The number of hydrogen-bond acceptors (Lipinski definition) is 4. The van der Waals surface area contributed by atoms with Crippen LogP contribution >= 0.6 is 0 Å². The van der Waals surface area contributed by atoms with Crippen molar-refractivity contribution in [2.24, 2.45) is 0 Å². The van der Waals surface area contributed by atoms with E-state index in [0.29, 0.717) is 5.56 Å². The molecule has 8 nitrogen and oxygen atoms in total. The molecule has 1 saturated heterocycles. The number of carbonyl (C=O) groups is 4. The third kappa shape index (κ3) is 5.04. The number of urea groups is 1. The molecule has 1 heterocycles. The maximum Gasteiger partial charge on any atom is 0.322 e. The fraction of sp³-hybridized carbons (Fsp3) is 0.333. The molecule has 4 N–H and O–H groups in total. The van der Waals surface area contributed by atoms with Gasteiger partial charge >= 0.3 is 6.03 Å². The Morgan fingerprint density at radius 1 is 1.08 bits per heavy atom. The first-order chi connectivity index (χ1) is 11.5. The summed E-state index contributed by atoms with van der Waals surface area (Å²) < 4.78 is 12.7. The van der Waals surface area contributed by atoms with E-state index in [1.165, 1.54) is 24.3 Å². The number of benzene rings is 1. The van der Waals surface area contributed by atoms with Crippen LogP contribution in [0.15, 0.2) is 24.3 Å². The molecule has 1 aromatic carbocycles. The number of carbonyl (C=O) groups excluding carboxylic acids is 4. The summed E-state index contributed by atoms with van der Waals surface area (Å²) in [6.07, 6.45) is 0.273. The average Bonchev–Trinajstić information content (AvgIpc) is 2.87. The van der Waals surface area contributed by atoms with E-state index in [9.17, 15) is 23.6 Å². The largest absolute Gasteiger partial charge is 0.354 e. The average molecular weight is 336 g/mol. The van der Waals surface area contributed by atoms with Crippen LogP contribution in [-0.4, -0.2) is 42.9 Å². The van der Waals surface area contributed by atoms with Gasteiger partial charge in [0, 0.05) is 25.1 Å². The van der Waals surface area contributed by atoms with Crippen LogP contribution < -0.4 is 21.3 Å². The highest BCUT2D eigenvalue weighted by molar-refractivity contribution is 6.04. The Labute approximate surface area is 137 Å². The fourth-order valence-corrected chi connectivity index (χ4v) is 2.11. The van der Waals surface area contributed by atoms with Crippen LogP contribution in [0.3, 0.4) is 0 Å². The van der Waals surface area contributed by atoms with E-state index in [2.05, 4.69) is 21.3 Å². The molecule has 1 aromatic rings. The maximum atomic E-state index is 12.7. The summed E-state index contributed by atoms with van der Waals surface area (Å²) in [5, 5.41) is 9.66. The van der Waals surface area contributed by atoms with Gasteiger partial charge in [0.05, 0.1) is 0 Å². The summed E-state index contributed by atoms with van der Waals surface area (Å²) in [6, 6.07) is 3.85. The number of hydrogen-bond donors (Lipinski definition) is 4. The number of imide groups is 1. The summed E-state index contributed by atoms with van der Waals surface area (Å²) in [5.74, 6) is -1.53. The van der Waals surface area contributed by atoms with E-state index in [4.69, 9.17) is 0 Å². The van der Waals surface area contributed by atoms with E-state index in [1.54, 1.807) is 0 Å². The van der Waals surface area contributed by atoms with Gasteiger partial charge in [0.15, 0.2) is 0 Å². The Balaban J connectivity index is 1.60. The van der Waals surface area contributed by atoms with E-state index in [0.717, 1.165) is 0 Å². The minimum absolute atomic E-state index is 0.0737. The molecule has 128 valence electrons. The van der Waals surface area contributed by atoms with Crippen molar-refractivity contribution < 1.29 is 23.6 Å². The molecule has 0 aliphatic carbocycles. The highest BCUT2D eigenvalue weighted by Gasteiger charge is 2.29. The van der Waals surface area contributed by atoms with Gasteiger partial charge in [0.1, 0.15) is 11.9 Å². The first-order valence-corrected chi connectivity index (χ1v) is 7.37. The first kappa shape index (κ1) is 17.4. The topological polar surface area (TPSA) is 116 Å². The Morgan fingerprint density at radius 2 is 1.75 bits per heavy atom. The predicted molar refractivity (Wildman–Crippen MR) is 81.4 cm³/mol. The molecule has 0 unspecified atom stereocenters. The second kappa shape index (κ2) is 8.04. The summed E-state index contributed by atoms with van der Waals surface area (Å²) in [5.41, 5.74) is 0.325. The summed E-state index contributed by atoms with van der Waals surface area (Å²) >= 11 is 0. The maximum absolute atomic E-state index is 12.7. The molecule has 0 spiro atoms. The third-order valence-corrected chi connectivity index (χ3v) is 3.36. The van der Waals surface area contributed by atoms with E-state index in [-0.39, 0.29) is 37.7 Å². The Kier molecular flexibility index (Phi) is 5.83. The van der Waals surface area contributed by atoms with Crippen LogP contribution in [0, 0.1) is 5.82 Å². The molecular weight excluding hydrogens is 319 g/mol. The van der Waals surface area contributed by atoms with Gasteiger partial charge in [0.25, 0.3) is 11.8 Å². The van der Waals surface area contributed by atoms with E-state index < -0.39 is 23.8 Å². The van der Waals surface area contributed by atoms with Crippen LogP contribution in [0.2, 0.25) is 0 Å². The van der Waals surface area contributed by atoms with Crippen molar-refractivity contribution in [3.8, 4) is 0 Å². The van der Waals surface area contributed by atoms with Gasteiger partial charge in [-0.25, -0.2) is 9.18 Å². The van der Waals surface area contributed by atoms with Crippen molar-refractivity contribution in [2.75, 3.05) is 13.1 Å². The molecular formula is C15H17FN4O4. The summed E-state index contributed by atoms with van der Waals surface area (Å²) in [7, 11) is 0. The van der Waals surface area contributed by atoms with Crippen molar-refractivity contribution in [1.82, 2.24) is 21.3 Å². The van der Waals surface area contributed by atoms with Gasteiger partial charge in [-0.2, -0.15) is 0 Å². The first-order valence-electron chi connectivity index (χ1n) is 7.37. The van der Waals surface area contributed by atoms with Gasteiger partial charge in [-0.1, -0.05) is 0 Å². The monoisotopic (exact) mass is 336 g/mol. The Hall–Kier alpha value is -2.97. The SMILES string of the molecule is O=C(CC[C@H]1NC(=O)NC1=O)NCCNC(=O)c1ccc(F)cc1. The van der Waals surface area contributed by atoms with Gasteiger partial charge < -0.3 is 16.0 Å². The molecule has 1 atom stereocenters. The van der Waals surface area contributed by atoms with Crippen molar-refractivity contribution >= 4 is 23.8 Å². The van der Waals surface area contributed by atoms with Crippen LogP contribution in [0.5, 0.6) is 0 Å². The number of halogens is 1. The highest BCUT2D eigenvalue weighted by Crippen LogP contribution is 2.03. The normalized spacial score (nSPS) is 16.3. The molecule has 0 saturated carbocycles. The predicted octanol–water partition coefficient (Wildman–Crippen LogP) is -0.340. The molecule has 24 heavy (non-hydrogen) atoms. The molecule has 0 bridgehead atoms. The van der Waals surface area contributed by atoms with Crippen LogP contribution in [-0.2, 0) is 9.59 Å². The molecule has 1 aliphatic rings. The second-order valence-electron chi connectivity index (χ2n) is 5.17. The standard InChI is InChI=1S/C15H17FN4O4/c16-10-3-1-9(2-4-10)13(22)18-8-7-17-12(21)6-5-11-14(23)20-15(24)19-11/h1-4,11H,5-8H2,(H,17,21)(H,18,22)(H2,19,20,23,24)/t11-/m1/s1. The molecule has 1 aliphatic heterocycles. The summed E-state index contributed by atoms with van der Waals surface area (Å²) in [4.78, 5) is 45.6. The van der Waals surface area contributed by atoms with Gasteiger partial charge in [-0.15, -0.1) is 0 Å². The quantitative estimate of drug-likeness (QED) is 0.403. The lowest BCUT2D eigenvalue weighted by molar-refractivity contribution is -0.122. The minimum atomic E-state index is -0.693. The van der Waals surface area contributed by atoms with Crippen molar-refractivity contribution in [3.63, 3.8) is 0 Å². The lowest BCUT2D eigenvalue weighted by Gasteiger charge is -2.09. The second-order valence-corrected chi connectivity index (χ2v) is 5.17. The van der Waals surface area contributed by atoms with Crippen molar-refractivity contribution in [1.29, 1.82) is 0 Å². The van der Waals surface area contributed by atoms with Crippen molar-refractivity contribution in [3.05, 3.63) is 35.6 Å². The zero-order valence-electron chi connectivity index (χ0n) is 12.7. The summed E-state index contributed by atoms with van der Waals surface area (Å²) in [6.45, 7) is 0.428. The van der Waals surface area contributed by atoms with E-state index >= 15 is 0 Å². The highest BCUT2D eigenvalue weighted by atomic mass is 19.1. The molecule has 1 fully saturated rings. The smallest absolute Gasteiger partial charge is 0.322 e. The van der Waals surface area contributed by atoms with Crippen LogP contribution in [0.1, 0.15) is 23.2 Å². The Bertz CT molecular complexity index is 647. The fourth-order valence-electron chi connectivity index (χ4n) is 2.11. The van der Waals surface area contributed by atoms with Crippen LogP contribution in [0.25, 0.3) is 0 Å². The van der Waals surface area contributed by atoms with Gasteiger partial charge in [-0.3, -0.25) is 19.7 Å². The van der Waals surface area contributed by atoms with Crippen molar-refractivity contribution in [2.45, 2.75) is 18.9 Å². The zero-order valence-corrected chi connectivity index (χ0v) is 12.7. The van der Waals surface area contributed by atoms with Gasteiger partial charge in [-0.05, 0) is 30.7 Å². The van der Waals surface area contributed by atoms with E-state index in [1.807, 2.05) is 0 Å². The molecule has 0 aromatic heterocycles. The molecule has 5 amide bonds. The third-order valence-electron chi connectivity index (χ3n) is 3.36. The number of nitrogens with one attached hydrogen (secondary N) is 4. The lowest BCUT2D eigenvalue weighted by Crippen LogP contribution is -2.36. The molecule has 9 heteroatoms. The number of amides is 5. The Morgan fingerprint density at radius 3 is 2.38 bits per heavy atom. The zero-order chi connectivity index (χ0) is 17.5. The van der Waals surface area contributed by atoms with Gasteiger partial charge in [0.2, 0.25) is 5.91 Å². The molecule has 2 rings (SSSR count). The van der Waals surface area contributed by atoms with Crippen LogP contribution in [0.4, 0.5) is 9.18 Å². The minimum Gasteiger partial charge on any atom is -0.354 e. The molecule has 0 radical (unpaired) electrons.